The van der Waals surface area contributed by atoms with E-state index in [1.807, 2.05) is 30.5 Å². The van der Waals surface area contributed by atoms with Gasteiger partial charge < -0.3 is 24.7 Å². The maximum atomic E-state index is 13.4. The van der Waals surface area contributed by atoms with Crippen LogP contribution in [0.15, 0.2) is 42.6 Å². The van der Waals surface area contributed by atoms with Crippen LogP contribution in [0, 0.1) is 4.51 Å². The monoisotopic (exact) mass is 538 g/mol. The number of rotatable bonds is 5. The van der Waals surface area contributed by atoms with Gasteiger partial charge in [0.15, 0.2) is 0 Å². The van der Waals surface area contributed by atoms with E-state index in [0.717, 1.165) is 86.6 Å². The third-order valence-corrected chi connectivity index (χ3v) is 8.31. The Balaban J connectivity index is 1.38. The highest BCUT2D eigenvalue weighted by atomic mass is 35.5. The van der Waals surface area contributed by atoms with Gasteiger partial charge >= 0.3 is 0 Å². The topological polar surface area (TPSA) is 67.8 Å². The van der Waals surface area contributed by atoms with Crippen LogP contribution in [0.25, 0.3) is 10.9 Å². The summed E-state index contributed by atoms with van der Waals surface area (Å²) in [7, 11) is 0. The molecule has 0 unspecified atom stereocenters. The molecule has 0 bridgehead atoms. The minimum Gasteiger partial charge on any atom is -0.483 e. The van der Waals surface area contributed by atoms with Crippen LogP contribution >= 0.6 is 23.8 Å². The molecule has 0 atom stereocenters. The maximum absolute atomic E-state index is 13.4. The van der Waals surface area contributed by atoms with E-state index < -0.39 is 0 Å². The number of halogens is 1. The summed E-state index contributed by atoms with van der Waals surface area (Å²) < 4.78 is 15.1. The predicted molar refractivity (Wildman–Crippen MR) is 147 cm³/mol. The molecule has 0 aliphatic carbocycles. The molecule has 194 valence electrons. The van der Waals surface area contributed by atoms with Crippen LogP contribution < -0.4 is 15.4 Å². The van der Waals surface area contributed by atoms with E-state index in [0.29, 0.717) is 28.2 Å². The first-order valence-electron chi connectivity index (χ1n) is 12.9. The van der Waals surface area contributed by atoms with Crippen molar-refractivity contribution >= 4 is 40.6 Å². The van der Waals surface area contributed by atoms with Crippen LogP contribution in [0.5, 0.6) is 5.75 Å². The lowest BCUT2D eigenvalue weighted by atomic mass is 9.90. The highest BCUT2D eigenvalue weighted by Crippen LogP contribution is 2.40. The number of ether oxygens (including phenoxy) is 2. The van der Waals surface area contributed by atoms with Crippen molar-refractivity contribution in [3.63, 3.8) is 0 Å². The SMILES string of the molecule is O=C(NCc1ccc(Cl)cc1)c1cn2c3c(cc(CN4CCOCC4)cc3c1=S)OC1(CCNCC1)C2. The van der Waals surface area contributed by atoms with Gasteiger partial charge in [-0.25, -0.2) is 0 Å². The molecule has 7 nitrogen and oxygen atoms in total. The van der Waals surface area contributed by atoms with Crippen molar-refractivity contribution in [1.29, 1.82) is 0 Å². The molecule has 1 spiro atoms. The normalized spacial score (nSPS) is 19.1. The minimum absolute atomic E-state index is 0.170. The van der Waals surface area contributed by atoms with E-state index >= 15 is 0 Å². The second kappa shape index (κ2) is 10.3. The molecule has 2 saturated heterocycles. The van der Waals surface area contributed by atoms with E-state index in [-0.39, 0.29) is 11.5 Å². The zero-order chi connectivity index (χ0) is 25.4. The average molecular weight is 539 g/mol. The zero-order valence-electron chi connectivity index (χ0n) is 20.7. The van der Waals surface area contributed by atoms with Crippen LogP contribution in [-0.2, 0) is 24.4 Å². The van der Waals surface area contributed by atoms with Crippen LogP contribution in [0.3, 0.4) is 0 Å². The lowest BCUT2D eigenvalue weighted by molar-refractivity contribution is 0.0133. The van der Waals surface area contributed by atoms with Gasteiger partial charge in [-0.2, -0.15) is 0 Å². The van der Waals surface area contributed by atoms with E-state index in [1.54, 1.807) is 0 Å². The Morgan fingerprint density at radius 1 is 1.11 bits per heavy atom. The Hall–Kier alpha value is -2.49. The van der Waals surface area contributed by atoms with Gasteiger partial charge in [0.2, 0.25) is 0 Å². The summed E-state index contributed by atoms with van der Waals surface area (Å²) in [5.74, 6) is 0.699. The molecule has 3 aromatic rings. The zero-order valence-corrected chi connectivity index (χ0v) is 22.3. The lowest BCUT2D eigenvalue weighted by Gasteiger charge is -2.42. The molecule has 0 radical (unpaired) electrons. The third-order valence-electron chi connectivity index (χ3n) is 7.62. The number of amides is 1. The highest BCUT2D eigenvalue weighted by Gasteiger charge is 2.39. The van der Waals surface area contributed by atoms with E-state index in [1.165, 1.54) is 0 Å². The lowest BCUT2D eigenvalue weighted by Crippen LogP contribution is -2.50. The highest BCUT2D eigenvalue weighted by molar-refractivity contribution is 7.71. The van der Waals surface area contributed by atoms with Gasteiger partial charge in [0.25, 0.3) is 5.91 Å². The predicted octanol–water partition coefficient (Wildman–Crippen LogP) is 4.30. The number of benzene rings is 2. The molecule has 9 heteroatoms. The summed E-state index contributed by atoms with van der Waals surface area (Å²) in [6, 6.07) is 11.8. The Morgan fingerprint density at radius 2 is 1.86 bits per heavy atom. The number of carbonyl (C=O) groups is 1. The van der Waals surface area contributed by atoms with Gasteiger partial charge in [-0.15, -0.1) is 0 Å². The molecular formula is C28H31ClN4O3S. The van der Waals surface area contributed by atoms with Crippen molar-refractivity contribution in [1.82, 2.24) is 20.1 Å². The number of carbonyl (C=O) groups excluding carboxylic acids is 1. The first kappa shape index (κ1) is 24.8. The van der Waals surface area contributed by atoms with E-state index in [2.05, 4.69) is 32.2 Å². The second-order valence-corrected chi connectivity index (χ2v) is 11.1. The van der Waals surface area contributed by atoms with Crippen molar-refractivity contribution < 1.29 is 14.3 Å². The summed E-state index contributed by atoms with van der Waals surface area (Å²) in [5, 5.41) is 8.07. The van der Waals surface area contributed by atoms with Gasteiger partial charge in [0.05, 0.1) is 35.3 Å². The van der Waals surface area contributed by atoms with Crippen molar-refractivity contribution in [2.45, 2.75) is 38.1 Å². The first-order valence-corrected chi connectivity index (χ1v) is 13.7. The quantitative estimate of drug-likeness (QED) is 0.472. The van der Waals surface area contributed by atoms with Gasteiger partial charge in [-0.1, -0.05) is 36.0 Å². The fourth-order valence-corrected chi connectivity index (χ4v) is 6.06. The smallest absolute Gasteiger partial charge is 0.254 e. The average Bonchev–Trinajstić information content (AvgIpc) is 2.91. The molecule has 2 N–H and O–H groups in total. The molecule has 1 aromatic heterocycles. The van der Waals surface area contributed by atoms with Crippen LogP contribution in [0.4, 0.5) is 0 Å². The summed E-state index contributed by atoms with van der Waals surface area (Å²) in [6.07, 6.45) is 3.77. The molecule has 2 fully saturated rings. The van der Waals surface area contributed by atoms with Gasteiger partial charge in [-0.3, -0.25) is 9.69 Å². The molecular weight excluding hydrogens is 508 g/mol. The summed E-state index contributed by atoms with van der Waals surface area (Å²) in [5.41, 5.74) is 3.35. The van der Waals surface area contributed by atoms with Crippen molar-refractivity contribution in [2.24, 2.45) is 0 Å². The molecule has 3 aliphatic heterocycles. The molecule has 37 heavy (non-hydrogen) atoms. The van der Waals surface area contributed by atoms with Crippen LogP contribution in [-0.4, -0.2) is 60.4 Å². The van der Waals surface area contributed by atoms with Gasteiger partial charge in [-0.05, 0) is 48.5 Å². The summed E-state index contributed by atoms with van der Waals surface area (Å²) in [6.45, 7) is 7.04. The minimum atomic E-state index is -0.284. The molecule has 1 amide bonds. The Labute approximate surface area is 226 Å². The van der Waals surface area contributed by atoms with E-state index in [4.69, 9.17) is 33.3 Å². The van der Waals surface area contributed by atoms with Crippen molar-refractivity contribution in [2.75, 3.05) is 39.4 Å². The number of pyridine rings is 1. The molecule has 2 aromatic carbocycles. The summed E-state index contributed by atoms with van der Waals surface area (Å²) >= 11 is 11.9. The van der Waals surface area contributed by atoms with Gasteiger partial charge in [0.1, 0.15) is 11.4 Å². The first-order chi connectivity index (χ1) is 18.0. The number of morpholine rings is 1. The number of hydrogen-bond donors (Lipinski definition) is 2. The Kier molecular flexibility index (Phi) is 6.94. The number of hydrogen-bond acceptors (Lipinski definition) is 6. The standard InChI is InChI=1S/C28H31ClN4O3S/c29-21-3-1-19(2-4-21)15-31-27(34)23-17-33-18-28(5-7-30-8-6-28)36-24-14-20(13-22(25(24)33)26(23)37)16-32-9-11-35-12-10-32/h1-4,13-14,17,30H,5-12,15-16,18H2,(H,31,34). The van der Waals surface area contributed by atoms with Crippen LogP contribution in [0.1, 0.15) is 34.3 Å². The summed E-state index contributed by atoms with van der Waals surface area (Å²) in [4.78, 5) is 15.8. The Bertz CT molecular complexity index is 1380. The third kappa shape index (κ3) is 5.13. The molecule has 0 saturated carbocycles. The van der Waals surface area contributed by atoms with Gasteiger partial charge in [0, 0.05) is 55.6 Å². The van der Waals surface area contributed by atoms with E-state index in [9.17, 15) is 4.79 Å². The fraction of sp³-hybridized carbons (Fsp3) is 0.429. The molecule has 3 aliphatic rings. The second-order valence-electron chi connectivity index (χ2n) is 10.2. The number of aromatic nitrogens is 1. The maximum Gasteiger partial charge on any atom is 0.254 e. The number of nitrogens with zero attached hydrogens (tertiary/aromatic N) is 2. The largest absolute Gasteiger partial charge is 0.483 e. The van der Waals surface area contributed by atoms with Crippen molar-refractivity contribution in [3.05, 3.63) is 68.8 Å². The fourth-order valence-electron chi connectivity index (χ4n) is 5.63. The molecule has 6 rings (SSSR count). The Morgan fingerprint density at radius 3 is 2.62 bits per heavy atom. The van der Waals surface area contributed by atoms with Crippen molar-refractivity contribution in [3.8, 4) is 5.75 Å². The number of piperidine rings is 1. The number of nitrogens with one attached hydrogen (secondary N) is 2. The van der Waals surface area contributed by atoms with Crippen LogP contribution in [0.2, 0.25) is 5.02 Å². The molecule has 4 heterocycles.